The fourth-order valence-corrected chi connectivity index (χ4v) is 20.3. The van der Waals surface area contributed by atoms with Gasteiger partial charge in [-0.05, 0) is 207 Å². The molecule has 10 aliphatic rings. The first-order valence-corrected chi connectivity index (χ1v) is 32.7. The van der Waals surface area contributed by atoms with E-state index in [1.54, 1.807) is 0 Å². The summed E-state index contributed by atoms with van der Waals surface area (Å²) in [7, 11) is 0. The van der Waals surface area contributed by atoms with E-state index in [2.05, 4.69) is 71.2 Å². The molecule has 0 radical (unpaired) electrons. The van der Waals surface area contributed by atoms with Gasteiger partial charge in [0.25, 0.3) is 0 Å². The van der Waals surface area contributed by atoms with E-state index in [1.165, 1.54) is 188 Å². The average Bonchev–Trinajstić information content (AvgIpc) is 3.90. The predicted octanol–water partition coefficient (Wildman–Crippen LogP) is 12.2. The molecule has 2 aromatic heterocycles. The number of piperidine rings is 4. The monoisotopic (exact) mass is 1060 g/mol. The summed E-state index contributed by atoms with van der Waals surface area (Å²) in [5, 5.41) is 9.51. The first kappa shape index (κ1) is 52.2. The minimum atomic E-state index is -0.704. The number of carbonyl (C=O) groups is 2. The highest BCUT2D eigenvalue weighted by Gasteiger charge is 2.48. The van der Waals surface area contributed by atoms with Gasteiger partial charge in [-0.2, -0.15) is 0 Å². The minimum Gasteiger partial charge on any atom is -0.481 e. The maximum absolute atomic E-state index is 12.4. The number of nitrogens with two attached hydrogens (primary N) is 1. The molecule has 78 heavy (non-hydrogen) atoms. The van der Waals surface area contributed by atoms with Gasteiger partial charge in [0, 0.05) is 80.3 Å². The lowest BCUT2D eigenvalue weighted by atomic mass is 9.73. The molecule has 2 aromatic carbocycles. The highest BCUT2D eigenvalue weighted by atomic mass is 16.4. The zero-order valence-electron chi connectivity index (χ0n) is 47.4. The van der Waals surface area contributed by atoms with E-state index in [-0.39, 0.29) is 12.3 Å². The Labute approximate surface area is 466 Å². The van der Waals surface area contributed by atoms with E-state index in [0.717, 1.165) is 93.0 Å². The second kappa shape index (κ2) is 22.5. The zero-order chi connectivity index (χ0) is 52.4. The number of hydrogen-bond acceptors (Lipinski definition) is 8. The fraction of sp³-hybridized carbons (Fsp3) is 0.758. The predicted molar refractivity (Wildman–Crippen MR) is 310 cm³/mol. The number of rotatable bonds is 12. The largest absolute Gasteiger partial charge is 0.481 e. The van der Waals surface area contributed by atoms with Gasteiger partial charge in [-0.25, -0.2) is 9.97 Å². The third-order valence-electron chi connectivity index (χ3n) is 23.2. The van der Waals surface area contributed by atoms with Gasteiger partial charge in [0.15, 0.2) is 0 Å². The van der Waals surface area contributed by atoms with Gasteiger partial charge < -0.3 is 24.9 Å². The Balaban J connectivity index is 0.725. The quantitative estimate of drug-likeness (QED) is 0.142. The van der Waals surface area contributed by atoms with Gasteiger partial charge in [-0.1, -0.05) is 62.8 Å². The summed E-state index contributed by atoms with van der Waals surface area (Å²) < 4.78 is 5.58. The molecule has 5 unspecified atom stereocenters. The van der Waals surface area contributed by atoms with Crippen molar-refractivity contribution < 1.29 is 14.7 Å². The molecule has 4 aromatic rings. The number of amides is 1. The fourth-order valence-electron chi connectivity index (χ4n) is 20.3. The molecule has 6 saturated heterocycles. The lowest BCUT2D eigenvalue weighted by molar-refractivity contribution is -0.137. The van der Waals surface area contributed by atoms with Crippen molar-refractivity contribution in [1.82, 2.24) is 38.7 Å². The Morgan fingerprint density at radius 1 is 0.500 bits per heavy atom. The third kappa shape index (κ3) is 10.5. The lowest BCUT2D eigenvalue weighted by Gasteiger charge is -2.55. The SMILES string of the molecule is NC(=O)CN1CCC[C@H](c2nc3c(C4CC[C@H]5C[C@@H](C4)C[C@@H](N4C6CCC[C@H]4CC(n4c([C@H]7CCCN(CCC(=O)O)C7)nc7ccccc74)C6)C5)cccc3n2[C@@H]2CC3CCC[C@H](C2)N(C2C[C@H]4CCCC[C@@H](C2)C4)C3)C1. The molecule has 422 valence electrons. The van der Waals surface area contributed by atoms with Crippen LogP contribution in [0.25, 0.3) is 22.1 Å². The molecule has 15 atom stereocenters. The molecule has 10 fully saturated rings. The van der Waals surface area contributed by atoms with Crippen molar-refractivity contribution in [3.63, 3.8) is 0 Å². The molecule has 0 spiro atoms. The van der Waals surface area contributed by atoms with Crippen molar-refractivity contribution in [2.75, 3.05) is 45.8 Å². The van der Waals surface area contributed by atoms with Crippen LogP contribution in [0.15, 0.2) is 42.5 Å². The van der Waals surface area contributed by atoms with Crippen molar-refractivity contribution in [2.24, 2.45) is 35.3 Å². The van der Waals surface area contributed by atoms with Crippen molar-refractivity contribution in [1.29, 1.82) is 0 Å². The first-order chi connectivity index (χ1) is 38.2. The summed E-state index contributed by atoms with van der Waals surface area (Å²) in [5.74, 6) is 7.02. The number of carboxylic acid groups (broad SMARTS) is 1. The van der Waals surface area contributed by atoms with Crippen molar-refractivity contribution in [2.45, 2.75) is 240 Å². The molecule has 8 heterocycles. The maximum Gasteiger partial charge on any atom is 0.304 e. The van der Waals surface area contributed by atoms with Gasteiger partial charge >= 0.3 is 5.97 Å². The number of nitrogens with zero attached hydrogens (tertiary/aromatic N) is 8. The first-order valence-electron chi connectivity index (χ1n) is 32.7. The number of fused-ring (bicyclic) bond motifs is 11. The van der Waals surface area contributed by atoms with Crippen LogP contribution in [-0.2, 0) is 9.59 Å². The van der Waals surface area contributed by atoms with Gasteiger partial charge in [-0.15, -0.1) is 0 Å². The number of hydrogen-bond donors (Lipinski definition) is 2. The topological polar surface area (TPSA) is 129 Å². The van der Waals surface area contributed by atoms with E-state index in [9.17, 15) is 14.7 Å². The van der Waals surface area contributed by atoms with Crippen LogP contribution in [0.1, 0.15) is 227 Å². The number of imidazole rings is 2. The number of likely N-dealkylation sites (tertiary alicyclic amines) is 2. The number of aliphatic carboxylic acids is 1. The van der Waals surface area contributed by atoms with Crippen LogP contribution in [0.5, 0.6) is 0 Å². The lowest BCUT2D eigenvalue weighted by Crippen LogP contribution is -2.58. The normalized spacial score (nSPS) is 37.4. The van der Waals surface area contributed by atoms with Crippen molar-refractivity contribution >= 4 is 33.9 Å². The second-order valence-corrected chi connectivity index (χ2v) is 28.3. The number of primary amides is 1. The smallest absolute Gasteiger partial charge is 0.304 e. The molecule has 4 saturated carbocycles. The second-order valence-electron chi connectivity index (χ2n) is 28.3. The maximum atomic E-state index is 12.4. The highest BCUT2D eigenvalue weighted by molar-refractivity contribution is 5.81. The number of carbonyl (C=O) groups excluding carboxylic acids is 1. The summed E-state index contributed by atoms with van der Waals surface area (Å²) in [4.78, 5) is 46.4. The van der Waals surface area contributed by atoms with Crippen LogP contribution in [-0.4, -0.2) is 132 Å². The molecule has 12 heteroatoms. The third-order valence-corrected chi connectivity index (χ3v) is 23.2. The zero-order valence-corrected chi connectivity index (χ0v) is 47.4. The van der Waals surface area contributed by atoms with Crippen molar-refractivity contribution in [3.05, 3.63) is 59.7 Å². The van der Waals surface area contributed by atoms with E-state index in [0.29, 0.717) is 67.1 Å². The molecular weight excluding hydrogens is 967 g/mol. The van der Waals surface area contributed by atoms with E-state index >= 15 is 0 Å². The molecular formula is C66H95N9O3. The van der Waals surface area contributed by atoms with Crippen LogP contribution >= 0.6 is 0 Å². The number of benzene rings is 2. The number of carboxylic acids is 1. The van der Waals surface area contributed by atoms with Crippen LogP contribution in [0.2, 0.25) is 0 Å². The standard InChI is InChI=1S/C66H95N9O3/c67-62(76)42-71-26-9-14-50(41-71)66-69-64-58(18-7-21-61(64)75(66)56-34-46-12-5-15-51(36-56)72(39-46)54-31-43-10-1-2-11-44(28-43)32-54)48-23-22-45-29-47(30-48)35-55(33-45)73-52-16-6-17-53(73)38-57(37-52)74-60-20-4-3-19-59(60)68-65(74)49-13-8-25-70(40-49)27-24-63(77)78/h3-4,7,18-21,43-57H,1-2,5-6,8-17,22-42H2,(H2,67,76)(H,77,78)/t43-,44+,45-,46?,47-,48?,49-,50-,51+,52-,53?,54?,55-,56+,57?/m0/s1. The molecule has 1 amide bonds. The summed E-state index contributed by atoms with van der Waals surface area (Å²) in [6.45, 7) is 5.99. The van der Waals surface area contributed by atoms with Gasteiger partial charge in [0.1, 0.15) is 11.6 Å². The highest BCUT2D eigenvalue weighted by Crippen LogP contribution is 2.52. The van der Waals surface area contributed by atoms with E-state index in [1.807, 2.05) is 0 Å². The molecule has 8 bridgehead atoms. The summed E-state index contributed by atoms with van der Waals surface area (Å²) >= 11 is 0. The molecule has 3 N–H and O–H groups in total. The van der Waals surface area contributed by atoms with Crippen LogP contribution in [0.4, 0.5) is 0 Å². The minimum absolute atomic E-state index is 0.207. The van der Waals surface area contributed by atoms with Gasteiger partial charge in [0.2, 0.25) is 5.91 Å². The molecule has 4 aliphatic carbocycles. The Morgan fingerprint density at radius 2 is 1.12 bits per heavy atom. The van der Waals surface area contributed by atoms with E-state index < -0.39 is 5.97 Å². The Bertz CT molecular complexity index is 2740. The molecule has 14 rings (SSSR count). The summed E-state index contributed by atoms with van der Waals surface area (Å²) in [6.07, 6.45) is 35.9. The van der Waals surface area contributed by atoms with Crippen LogP contribution < -0.4 is 5.73 Å². The Morgan fingerprint density at radius 3 is 1.91 bits per heavy atom. The molecule has 6 aliphatic heterocycles. The summed E-state index contributed by atoms with van der Waals surface area (Å²) in [5.41, 5.74) is 12.6. The molecule has 12 nitrogen and oxygen atoms in total. The van der Waals surface area contributed by atoms with Crippen molar-refractivity contribution in [3.8, 4) is 0 Å². The van der Waals surface area contributed by atoms with Crippen LogP contribution in [0.3, 0.4) is 0 Å². The summed E-state index contributed by atoms with van der Waals surface area (Å²) in [6, 6.07) is 20.6. The number of aromatic nitrogens is 4. The average molecular weight is 1060 g/mol. The van der Waals surface area contributed by atoms with E-state index in [4.69, 9.17) is 15.7 Å². The number of para-hydroxylation sites is 3. The van der Waals surface area contributed by atoms with Crippen LogP contribution in [0, 0.1) is 29.6 Å². The van der Waals surface area contributed by atoms with Gasteiger partial charge in [0.05, 0.1) is 35.0 Å². The Kier molecular flexibility index (Phi) is 15.1. The van der Waals surface area contributed by atoms with Gasteiger partial charge in [-0.3, -0.25) is 24.3 Å². The Hall–Kier alpha value is -3.84.